The van der Waals surface area contributed by atoms with Crippen LogP contribution in [0.3, 0.4) is 0 Å². The highest BCUT2D eigenvalue weighted by molar-refractivity contribution is 5.94. The number of aromatic amines is 1. The van der Waals surface area contributed by atoms with Crippen LogP contribution in [-0.2, 0) is 0 Å². The molecule has 112 valence electrons. The third kappa shape index (κ3) is 2.71. The molecule has 1 unspecified atom stereocenters. The first-order chi connectivity index (χ1) is 10.7. The number of hydrogen-bond acceptors (Lipinski definition) is 4. The number of carbonyl (C=O) groups excluding carboxylic acids is 1. The average molecular weight is 295 g/mol. The largest absolute Gasteiger partial charge is 0.347 e. The van der Waals surface area contributed by atoms with Gasteiger partial charge in [0.2, 0.25) is 0 Å². The van der Waals surface area contributed by atoms with Crippen molar-refractivity contribution in [1.29, 1.82) is 5.26 Å². The molecule has 0 spiro atoms. The highest BCUT2D eigenvalue weighted by Crippen LogP contribution is 2.22. The molecular formula is C16H17N5O. The molecule has 0 saturated carbocycles. The predicted octanol–water partition coefficient (Wildman–Crippen LogP) is 1.41. The van der Waals surface area contributed by atoms with E-state index in [2.05, 4.69) is 20.9 Å². The van der Waals surface area contributed by atoms with Gasteiger partial charge < -0.3 is 9.88 Å². The number of carbonyl (C=O) groups is 1. The second kappa shape index (κ2) is 6.00. The maximum absolute atomic E-state index is 12.7. The molecule has 0 radical (unpaired) electrons. The summed E-state index contributed by atoms with van der Waals surface area (Å²) in [5, 5.41) is 8.96. The van der Waals surface area contributed by atoms with Crippen LogP contribution < -0.4 is 0 Å². The zero-order valence-electron chi connectivity index (χ0n) is 12.4. The van der Waals surface area contributed by atoms with E-state index in [0.29, 0.717) is 24.2 Å². The van der Waals surface area contributed by atoms with Gasteiger partial charge in [0.05, 0.1) is 17.7 Å². The fourth-order valence-electron chi connectivity index (χ4n) is 2.72. The van der Waals surface area contributed by atoms with Crippen molar-refractivity contribution >= 4 is 5.91 Å². The number of nitrogens with one attached hydrogen (secondary N) is 1. The van der Waals surface area contributed by atoms with Crippen molar-refractivity contribution in [2.45, 2.75) is 6.04 Å². The van der Waals surface area contributed by atoms with E-state index in [9.17, 15) is 4.79 Å². The molecule has 1 atom stereocenters. The molecule has 1 amide bonds. The third-order valence-electron chi connectivity index (χ3n) is 4.01. The minimum atomic E-state index is -0.0400. The maximum Gasteiger partial charge on any atom is 0.254 e. The number of amides is 1. The molecule has 0 bridgehead atoms. The van der Waals surface area contributed by atoms with Gasteiger partial charge in [-0.25, -0.2) is 4.98 Å². The predicted molar refractivity (Wildman–Crippen MR) is 81.0 cm³/mol. The van der Waals surface area contributed by atoms with Gasteiger partial charge in [-0.1, -0.05) is 6.07 Å². The fourth-order valence-corrected chi connectivity index (χ4v) is 2.72. The van der Waals surface area contributed by atoms with Crippen LogP contribution in [0.2, 0.25) is 0 Å². The third-order valence-corrected chi connectivity index (χ3v) is 4.01. The molecule has 1 fully saturated rings. The zero-order chi connectivity index (χ0) is 15.5. The van der Waals surface area contributed by atoms with Gasteiger partial charge in [0.1, 0.15) is 5.82 Å². The first-order valence-electron chi connectivity index (χ1n) is 7.18. The van der Waals surface area contributed by atoms with Crippen LogP contribution in [-0.4, -0.2) is 52.4 Å². The van der Waals surface area contributed by atoms with Crippen LogP contribution in [0.25, 0.3) is 0 Å². The fraction of sp³-hybridized carbons (Fsp3) is 0.312. The minimum Gasteiger partial charge on any atom is -0.347 e. The van der Waals surface area contributed by atoms with Gasteiger partial charge in [-0.05, 0) is 25.2 Å². The average Bonchev–Trinajstić information content (AvgIpc) is 3.09. The lowest BCUT2D eigenvalue weighted by atomic mass is 10.1. The van der Waals surface area contributed by atoms with E-state index in [0.717, 1.165) is 12.4 Å². The van der Waals surface area contributed by atoms with Gasteiger partial charge in [0.25, 0.3) is 5.91 Å². The second-order valence-electron chi connectivity index (χ2n) is 5.41. The molecule has 2 heterocycles. The van der Waals surface area contributed by atoms with Crippen molar-refractivity contribution in [3.63, 3.8) is 0 Å². The van der Waals surface area contributed by atoms with Gasteiger partial charge in [0, 0.05) is 37.6 Å². The lowest BCUT2D eigenvalue weighted by molar-refractivity contribution is 0.0534. The number of hydrogen-bond donors (Lipinski definition) is 1. The molecule has 2 aromatic rings. The molecule has 1 aromatic carbocycles. The Hall–Kier alpha value is -2.65. The number of nitriles is 1. The van der Waals surface area contributed by atoms with Crippen molar-refractivity contribution in [2.75, 3.05) is 26.7 Å². The minimum absolute atomic E-state index is 0.0400. The summed E-state index contributed by atoms with van der Waals surface area (Å²) in [5.74, 6) is 0.826. The van der Waals surface area contributed by atoms with E-state index < -0.39 is 0 Å². The summed E-state index contributed by atoms with van der Waals surface area (Å²) in [5.41, 5.74) is 1.06. The summed E-state index contributed by atoms with van der Waals surface area (Å²) in [4.78, 5) is 24.1. The Labute approximate surface area is 129 Å². The van der Waals surface area contributed by atoms with Crippen molar-refractivity contribution < 1.29 is 4.79 Å². The van der Waals surface area contributed by atoms with E-state index in [1.54, 1.807) is 36.7 Å². The Kier molecular flexibility index (Phi) is 3.90. The molecule has 3 rings (SSSR count). The molecule has 22 heavy (non-hydrogen) atoms. The van der Waals surface area contributed by atoms with Gasteiger partial charge in [-0.15, -0.1) is 0 Å². The quantitative estimate of drug-likeness (QED) is 0.909. The highest BCUT2D eigenvalue weighted by atomic mass is 16.2. The van der Waals surface area contributed by atoms with Crippen molar-refractivity contribution in [1.82, 2.24) is 19.8 Å². The summed E-state index contributed by atoms with van der Waals surface area (Å²) in [6, 6.07) is 8.97. The molecule has 6 heteroatoms. The Balaban J connectivity index is 1.80. The van der Waals surface area contributed by atoms with Gasteiger partial charge in [0.15, 0.2) is 0 Å². The molecule has 0 aliphatic carbocycles. The smallest absolute Gasteiger partial charge is 0.254 e. The number of nitrogens with zero attached hydrogens (tertiary/aromatic N) is 4. The van der Waals surface area contributed by atoms with Gasteiger partial charge in [-0.3, -0.25) is 9.69 Å². The highest BCUT2D eigenvalue weighted by Gasteiger charge is 2.30. The first kappa shape index (κ1) is 14.3. The molecular weight excluding hydrogens is 278 g/mol. The Morgan fingerprint density at radius 1 is 1.45 bits per heavy atom. The van der Waals surface area contributed by atoms with E-state index in [-0.39, 0.29) is 11.9 Å². The molecule has 1 saturated heterocycles. The number of rotatable bonds is 2. The van der Waals surface area contributed by atoms with E-state index in [1.807, 2.05) is 11.9 Å². The number of H-pyrrole nitrogens is 1. The number of benzene rings is 1. The van der Waals surface area contributed by atoms with Crippen LogP contribution >= 0.6 is 0 Å². The lowest BCUT2D eigenvalue weighted by Gasteiger charge is -2.38. The normalized spacial score (nSPS) is 18.9. The SMILES string of the molecule is CN1CCN(C(=O)c2cccc(C#N)c2)CC1c1ncc[nH]1. The van der Waals surface area contributed by atoms with Crippen LogP contribution in [0.5, 0.6) is 0 Å². The molecule has 6 nitrogen and oxygen atoms in total. The van der Waals surface area contributed by atoms with E-state index in [1.165, 1.54) is 0 Å². The Morgan fingerprint density at radius 2 is 2.32 bits per heavy atom. The molecule has 1 aromatic heterocycles. The summed E-state index contributed by atoms with van der Waals surface area (Å²) in [6.45, 7) is 2.04. The molecule has 1 N–H and O–H groups in total. The summed E-state index contributed by atoms with van der Waals surface area (Å²) >= 11 is 0. The van der Waals surface area contributed by atoms with Crippen molar-refractivity contribution in [3.05, 3.63) is 53.6 Å². The van der Waals surface area contributed by atoms with E-state index in [4.69, 9.17) is 5.26 Å². The summed E-state index contributed by atoms with van der Waals surface area (Å²) in [6.07, 6.45) is 3.51. The van der Waals surface area contributed by atoms with Gasteiger partial charge in [-0.2, -0.15) is 5.26 Å². The second-order valence-corrected chi connectivity index (χ2v) is 5.41. The molecule has 1 aliphatic rings. The van der Waals surface area contributed by atoms with Crippen LogP contribution in [0.15, 0.2) is 36.7 Å². The van der Waals surface area contributed by atoms with Crippen LogP contribution in [0.1, 0.15) is 27.8 Å². The Bertz CT molecular complexity index is 704. The monoisotopic (exact) mass is 295 g/mol. The number of imidazole rings is 1. The first-order valence-corrected chi connectivity index (χ1v) is 7.18. The van der Waals surface area contributed by atoms with Crippen molar-refractivity contribution in [3.8, 4) is 6.07 Å². The summed E-state index contributed by atoms with van der Waals surface area (Å²) < 4.78 is 0. The maximum atomic E-state index is 12.7. The van der Waals surface area contributed by atoms with Crippen LogP contribution in [0, 0.1) is 11.3 Å². The number of aromatic nitrogens is 2. The standard InChI is InChI=1S/C16H17N5O/c1-20-7-8-21(11-14(20)15-18-5-6-19-15)16(22)13-4-2-3-12(9-13)10-17/h2-6,9,14H,7-8,11H2,1H3,(H,18,19). The zero-order valence-corrected chi connectivity index (χ0v) is 12.4. The van der Waals surface area contributed by atoms with E-state index >= 15 is 0 Å². The van der Waals surface area contributed by atoms with Gasteiger partial charge >= 0.3 is 0 Å². The molecule has 1 aliphatic heterocycles. The van der Waals surface area contributed by atoms with Crippen LogP contribution in [0.4, 0.5) is 0 Å². The topological polar surface area (TPSA) is 76.0 Å². The summed E-state index contributed by atoms with van der Waals surface area (Å²) in [7, 11) is 2.03. The Morgan fingerprint density at radius 3 is 3.05 bits per heavy atom. The number of likely N-dealkylation sites (N-methyl/N-ethyl adjacent to an activating group) is 1. The lowest BCUT2D eigenvalue weighted by Crippen LogP contribution is -2.49. The number of piperazine rings is 1. The van der Waals surface area contributed by atoms with Crippen molar-refractivity contribution in [2.24, 2.45) is 0 Å².